The Balaban J connectivity index is 0.00000312. The average molecular weight is 382 g/mol. The first-order valence-electron chi connectivity index (χ1n) is 8.26. The molecule has 0 aliphatic rings. The molecule has 0 aliphatic carbocycles. The third-order valence-corrected chi connectivity index (χ3v) is 4.19. The molecule has 2 aromatic rings. The van der Waals surface area contributed by atoms with Gasteiger partial charge in [0.1, 0.15) is 0 Å². The van der Waals surface area contributed by atoms with Crippen LogP contribution in [0.15, 0.2) is 48.5 Å². The lowest BCUT2D eigenvalue weighted by atomic mass is 9.95. The maximum absolute atomic E-state index is 11.7. The predicted molar refractivity (Wildman–Crippen MR) is 106 cm³/mol. The fraction of sp³-hybridized carbons (Fsp3) is 0.350. The van der Waals surface area contributed by atoms with Gasteiger partial charge >= 0.3 is 5.97 Å². The van der Waals surface area contributed by atoms with Crippen LogP contribution >= 0.6 is 24.0 Å². The summed E-state index contributed by atoms with van der Waals surface area (Å²) >= 11 is 6.04. The zero-order chi connectivity index (χ0) is 17.5. The van der Waals surface area contributed by atoms with Gasteiger partial charge < -0.3 is 10.5 Å². The number of hydrogen-bond acceptors (Lipinski definition) is 3. The zero-order valence-electron chi connectivity index (χ0n) is 14.6. The lowest BCUT2D eigenvalue weighted by molar-refractivity contribution is -0.147. The van der Waals surface area contributed by atoms with Crippen molar-refractivity contribution in [2.24, 2.45) is 11.7 Å². The van der Waals surface area contributed by atoms with Crippen LogP contribution in [0.25, 0.3) is 11.1 Å². The van der Waals surface area contributed by atoms with Gasteiger partial charge in [0.25, 0.3) is 0 Å². The van der Waals surface area contributed by atoms with Gasteiger partial charge in [0.15, 0.2) is 0 Å². The van der Waals surface area contributed by atoms with Crippen molar-refractivity contribution in [1.82, 2.24) is 0 Å². The first-order chi connectivity index (χ1) is 11.5. The second-order valence-electron chi connectivity index (χ2n) is 6.06. The summed E-state index contributed by atoms with van der Waals surface area (Å²) in [7, 11) is 0. The molecule has 2 N–H and O–H groups in total. The van der Waals surface area contributed by atoms with Crippen LogP contribution in [0.2, 0.25) is 5.02 Å². The number of carbonyl (C=O) groups excluding carboxylic acids is 1. The smallest absolute Gasteiger partial charge is 0.308 e. The lowest BCUT2D eigenvalue weighted by Crippen LogP contribution is -2.29. The van der Waals surface area contributed by atoms with Crippen molar-refractivity contribution >= 4 is 30.0 Å². The standard InChI is InChI=1S/C20H24ClNO2.ClH/c1-3-24-20(23)14(2)11-19(22)12-15-7-9-16(10-8-15)17-5-4-6-18(21)13-17;/h4-10,13-14,19H,3,11-12,22H2,1-2H3;1H. The summed E-state index contributed by atoms with van der Waals surface area (Å²) in [6.07, 6.45) is 1.36. The van der Waals surface area contributed by atoms with E-state index < -0.39 is 0 Å². The zero-order valence-corrected chi connectivity index (χ0v) is 16.1. The fourth-order valence-electron chi connectivity index (χ4n) is 2.72. The Morgan fingerprint density at radius 2 is 1.84 bits per heavy atom. The molecule has 0 bridgehead atoms. The highest BCUT2D eigenvalue weighted by Gasteiger charge is 2.17. The monoisotopic (exact) mass is 381 g/mol. The van der Waals surface area contributed by atoms with Crippen molar-refractivity contribution in [3.05, 3.63) is 59.1 Å². The van der Waals surface area contributed by atoms with Crippen LogP contribution in [-0.2, 0) is 16.0 Å². The Labute approximate surface area is 160 Å². The van der Waals surface area contributed by atoms with E-state index in [1.165, 1.54) is 0 Å². The molecule has 136 valence electrons. The predicted octanol–water partition coefficient (Wildman–Crippen LogP) is 4.89. The van der Waals surface area contributed by atoms with E-state index in [9.17, 15) is 4.79 Å². The first-order valence-corrected chi connectivity index (χ1v) is 8.64. The topological polar surface area (TPSA) is 52.3 Å². The van der Waals surface area contributed by atoms with Crippen molar-refractivity contribution in [3.8, 4) is 11.1 Å². The van der Waals surface area contributed by atoms with Gasteiger partial charge in [-0.05, 0) is 48.6 Å². The third kappa shape index (κ3) is 6.69. The fourth-order valence-corrected chi connectivity index (χ4v) is 2.91. The summed E-state index contributed by atoms with van der Waals surface area (Å²) in [6, 6.07) is 16.0. The van der Waals surface area contributed by atoms with Crippen LogP contribution in [0, 0.1) is 5.92 Å². The highest BCUT2D eigenvalue weighted by molar-refractivity contribution is 6.30. The maximum atomic E-state index is 11.7. The van der Waals surface area contributed by atoms with Crippen molar-refractivity contribution < 1.29 is 9.53 Å². The van der Waals surface area contributed by atoms with E-state index >= 15 is 0 Å². The van der Waals surface area contributed by atoms with Gasteiger partial charge in [0.2, 0.25) is 0 Å². The lowest BCUT2D eigenvalue weighted by Gasteiger charge is -2.16. The maximum Gasteiger partial charge on any atom is 0.308 e. The van der Waals surface area contributed by atoms with Crippen LogP contribution in [0.4, 0.5) is 0 Å². The molecule has 0 aliphatic heterocycles. The molecule has 0 saturated heterocycles. The van der Waals surface area contributed by atoms with Crippen molar-refractivity contribution in [3.63, 3.8) is 0 Å². The number of halogens is 2. The minimum atomic E-state index is -0.177. The minimum Gasteiger partial charge on any atom is -0.466 e. The number of benzene rings is 2. The molecular formula is C20H25Cl2NO2. The van der Waals surface area contributed by atoms with E-state index in [2.05, 4.69) is 24.3 Å². The van der Waals surface area contributed by atoms with E-state index in [-0.39, 0.29) is 30.3 Å². The second kappa shape index (κ2) is 10.4. The van der Waals surface area contributed by atoms with Crippen LogP contribution in [0.5, 0.6) is 0 Å². The molecule has 0 heterocycles. The molecule has 2 unspecified atom stereocenters. The van der Waals surface area contributed by atoms with Crippen LogP contribution in [-0.4, -0.2) is 18.6 Å². The molecule has 3 nitrogen and oxygen atoms in total. The summed E-state index contributed by atoms with van der Waals surface area (Å²) in [4.78, 5) is 11.7. The van der Waals surface area contributed by atoms with Gasteiger partial charge in [-0.3, -0.25) is 4.79 Å². The van der Waals surface area contributed by atoms with Crippen LogP contribution in [0.1, 0.15) is 25.8 Å². The highest BCUT2D eigenvalue weighted by Crippen LogP contribution is 2.23. The molecule has 0 amide bonds. The normalized spacial score (nSPS) is 12.8. The number of nitrogens with two attached hydrogens (primary N) is 1. The largest absolute Gasteiger partial charge is 0.466 e. The van der Waals surface area contributed by atoms with E-state index in [1.807, 2.05) is 38.1 Å². The quantitative estimate of drug-likeness (QED) is 0.694. The van der Waals surface area contributed by atoms with Gasteiger partial charge in [-0.1, -0.05) is 54.9 Å². The molecule has 0 aromatic heterocycles. The molecule has 2 atom stereocenters. The number of hydrogen-bond donors (Lipinski definition) is 1. The van der Waals surface area contributed by atoms with Crippen LogP contribution < -0.4 is 5.73 Å². The molecule has 0 fully saturated rings. The summed E-state index contributed by atoms with van der Waals surface area (Å²) in [5.74, 6) is -0.352. The van der Waals surface area contributed by atoms with Crippen LogP contribution in [0.3, 0.4) is 0 Å². The van der Waals surface area contributed by atoms with E-state index in [0.717, 1.165) is 28.1 Å². The van der Waals surface area contributed by atoms with E-state index in [1.54, 1.807) is 0 Å². The number of ether oxygens (including phenoxy) is 1. The molecule has 5 heteroatoms. The Bertz CT molecular complexity index is 674. The molecule has 0 spiro atoms. The van der Waals surface area contributed by atoms with Crippen molar-refractivity contribution in [2.75, 3.05) is 6.61 Å². The molecule has 2 rings (SSSR count). The van der Waals surface area contributed by atoms with Gasteiger partial charge in [-0.25, -0.2) is 0 Å². The molecular weight excluding hydrogens is 357 g/mol. The first kappa shape index (κ1) is 21.5. The Morgan fingerprint density at radius 3 is 2.44 bits per heavy atom. The number of esters is 1. The van der Waals surface area contributed by atoms with E-state index in [4.69, 9.17) is 22.1 Å². The Morgan fingerprint density at radius 1 is 1.16 bits per heavy atom. The van der Waals surface area contributed by atoms with E-state index in [0.29, 0.717) is 13.0 Å². The SMILES string of the molecule is CCOC(=O)C(C)CC(N)Cc1ccc(-c2cccc(Cl)c2)cc1.Cl. The van der Waals surface area contributed by atoms with Crippen molar-refractivity contribution in [2.45, 2.75) is 32.7 Å². The molecule has 2 aromatic carbocycles. The summed E-state index contributed by atoms with van der Waals surface area (Å²) in [6.45, 7) is 4.08. The highest BCUT2D eigenvalue weighted by atomic mass is 35.5. The molecule has 0 saturated carbocycles. The van der Waals surface area contributed by atoms with Gasteiger partial charge in [-0.2, -0.15) is 0 Å². The number of carbonyl (C=O) groups is 1. The Hall–Kier alpha value is -1.55. The van der Waals surface area contributed by atoms with Crippen molar-refractivity contribution in [1.29, 1.82) is 0 Å². The summed E-state index contributed by atoms with van der Waals surface area (Å²) in [5.41, 5.74) is 9.55. The van der Waals surface area contributed by atoms with Gasteiger partial charge in [0, 0.05) is 11.1 Å². The minimum absolute atomic E-state index is 0. The summed E-state index contributed by atoms with van der Waals surface area (Å²) < 4.78 is 5.02. The Kier molecular flexibility index (Phi) is 8.98. The molecule has 25 heavy (non-hydrogen) atoms. The average Bonchev–Trinajstić information content (AvgIpc) is 2.55. The van der Waals surface area contributed by atoms with Gasteiger partial charge in [-0.15, -0.1) is 12.4 Å². The third-order valence-electron chi connectivity index (χ3n) is 3.96. The number of rotatable bonds is 7. The summed E-state index contributed by atoms with van der Waals surface area (Å²) in [5, 5.41) is 0.728. The van der Waals surface area contributed by atoms with Gasteiger partial charge in [0.05, 0.1) is 12.5 Å². The molecule has 0 radical (unpaired) electrons. The second-order valence-corrected chi connectivity index (χ2v) is 6.50.